The Morgan fingerprint density at radius 2 is 2.07 bits per heavy atom. The number of ether oxygens (including phenoxy) is 2. The molecule has 0 bridgehead atoms. The van der Waals surface area contributed by atoms with Crippen LogP contribution in [0.3, 0.4) is 0 Å². The zero-order valence-corrected chi connectivity index (χ0v) is 17.8. The maximum atomic E-state index is 11.7. The van der Waals surface area contributed by atoms with Crippen molar-refractivity contribution in [1.82, 2.24) is 10.2 Å². The van der Waals surface area contributed by atoms with E-state index >= 15 is 0 Å². The number of hydrogen-bond donors (Lipinski definition) is 2. The third-order valence-electron chi connectivity index (χ3n) is 4.42. The molecule has 1 amide bonds. The van der Waals surface area contributed by atoms with Crippen LogP contribution in [0, 0.1) is 0 Å². The first-order valence-electron chi connectivity index (χ1n) is 9.06. The van der Waals surface area contributed by atoms with E-state index in [0.717, 1.165) is 43.9 Å². The van der Waals surface area contributed by atoms with Crippen LogP contribution in [0.15, 0.2) is 24.3 Å². The third-order valence-corrected chi connectivity index (χ3v) is 4.42. The fourth-order valence-electron chi connectivity index (χ4n) is 2.93. The Bertz CT molecular complexity index is 541. The van der Waals surface area contributed by atoms with E-state index in [4.69, 9.17) is 15.2 Å². The molecule has 1 aromatic carbocycles. The lowest BCUT2D eigenvalue weighted by atomic mass is 10.1. The molecule has 0 aromatic heterocycles. The zero-order chi connectivity index (χ0) is 18.1. The molecule has 1 aromatic rings. The van der Waals surface area contributed by atoms with E-state index in [2.05, 4.69) is 17.3 Å². The number of rotatable bonds is 9. The third kappa shape index (κ3) is 10.2. The highest BCUT2D eigenvalue weighted by molar-refractivity contribution is 5.85. The second-order valence-corrected chi connectivity index (χ2v) is 6.78. The van der Waals surface area contributed by atoms with Gasteiger partial charge in [-0.05, 0) is 44.5 Å². The Labute approximate surface area is 175 Å². The van der Waals surface area contributed by atoms with Crippen molar-refractivity contribution in [2.75, 3.05) is 33.4 Å². The number of carbonyl (C=O) groups excluding carboxylic acids is 1. The summed E-state index contributed by atoms with van der Waals surface area (Å²) < 4.78 is 11.3. The Balaban J connectivity index is 0.00000338. The van der Waals surface area contributed by atoms with Crippen LogP contribution in [0.5, 0.6) is 5.75 Å². The number of amides is 1. The summed E-state index contributed by atoms with van der Waals surface area (Å²) >= 11 is 0. The first kappa shape index (κ1) is 26.0. The summed E-state index contributed by atoms with van der Waals surface area (Å²) in [6, 6.07) is 8.31. The molecule has 8 heteroatoms. The number of likely N-dealkylation sites (N-methyl/N-ethyl adjacent to an activating group) is 1. The van der Waals surface area contributed by atoms with Crippen LogP contribution in [-0.4, -0.2) is 56.3 Å². The minimum atomic E-state index is -0.123. The van der Waals surface area contributed by atoms with Crippen molar-refractivity contribution >= 4 is 30.7 Å². The highest BCUT2D eigenvalue weighted by Crippen LogP contribution is 2.15. The normalized spacial score (nSPS) is 15.4. The number of nitrogens with two attached hydrogens (primary N) is 1. The Morgan fingerprint density at radius 1 is 1.37 bits per heavy atom. The average Bonchev–Trinajstić information content (AvgIpc) is 2.60. The van der Waals surface area contributed by atoms with Crippen molar-refractivity contribution in [3.05, 3.63) is 29.8 Å². The maximum Gasteiger partial charge on any atom is 0.221 e. The van der Waals surface area contributed by atoms with Crippen molar-refractivity contribution in [1.29, 1.82) is 0 Å². The maximum absolute atomic E-state index is 11.7. The molecule has 2 rings (SSSR count). The molecule has 27 heavy (non-hydrogen) atoms. The molecule has 0 saturated carbocycles. The van der Waals surface area contributed by atoms with Crippen LogP contribution in [0.2, 0.25) is 0 Å². The molecule has 0 radical (unpaired) electrons. The van der Waals surface area contributed by atoms with E-state index in [1.807, 2.05) is 31.2 Å². The van der Waals surface area contributed by atoms with Gasteiger partial charge in [0.1, 0.15) is 12.4 Å². The molecule has 6 nitrogen and oxygen atoms in total. The fraction of sp³-hybridized carbons (Fsp3) is 0.632. The monoisotopic (exact) mass is 421 g/mol. The van der Waals surface area contributed by atoms with Crippen LogP contribution in [-0.2, 0) is 16.1 Å². The van der Waals surface area contributed by atoms with E-state index in [1.54, 1.807) is 0 Å². The quantitative estimate of drug-likeness (QED) is 0.639. The van der Waals surface area contributed by atoms with E-state index < -0.39 is 0 Å². The number of halogens is 2. The van der Waals surface area contributed by atoms with Crippen molar-refractivity contribution in [3.8, 4) is 5.75 Å². The molecular weight excluding hydrogens is 389 g/mol. The predicted octanol–water partition coefficient (Wildman–Crippen LogP) is 2.37. The first-order valence-corrected chi connectivity index (χ1v) is 9.06. The lowest BCUT2D eigenvalue weighted by Gasteiger charge is -2.31. The highest BCUT2D eigenvalue weighted by atomic mass is 35.5. The Morgan fingerprint density at radius 3 is 2.74 bits per heavy atom. The molecule has 3 N–H and O–H groups in total. The molecule has 156 valence electrons. The summed E-state index contributed by atoms with van der Waals surface area (Å²) in [7, 11) is 2.14. The SMILES string of the molecule is CC(N)CC(=O)NCc1cccc(OCCN(C)C2CCOCC2)c1.Cl.Cl. The summed E-state index contributed by atoms with van der Waals surface area (Å²) in [6.45, 7) is 5.56. The second-order valence-electron chi connectivity index (χ2n) is 6.78. The fourth-order valence-corrected chi connectivity index (χ4v) is 2.93. The van der Waals surface area contributed by atoms with Crippen LogP contribution in [0.25, 0.3) is 0 Å². The van der Waals surface area contributed by atoms with Crippen molar-refractivity contribution in [2.24, 2.45) is 5.73 Å². The van der Waals surface area contributed by atoms with E-state index in [-0.39, 0.29) is 36.8 Å². The largest absolute Gasteiger partial charge is 0.492 e. The molecule has 1 aliphatic heterocycles. The van der Waals surface area contributed by atoms with E-state index in [0.29, 0.717) is 25.6 Å². The van der Waals surface area contributed by atoms with E-state index in [9.17, 15) is 4.79 Å². The molecule has 1 saturated heterocycles. The van der Waals surface area contributed by atoms with Gasteiger partial charge in [0.05, 0.1) is 0 Å². The van der Waals surface area contributed by atoms with Crippen LogP contribution >= 0.6 is 24.8 Å². The summed E-state index contributed by atoms with van der Waals surface area (Å²) in [5.41, 5.74) is 6.65. The second kappa shape index (κ2) is 14.0. The van der Waals surface area contributed by atoms with Crippen molar-refractivity contribution in [3.63, 3.8) is 0 Å². The van der Waals surface area contributed by atoms with Crippen LogP contribution < -0.4 is 15.8 Å². The number of hydrogen-bond acceptors (Lipinski definition) is 5. The van der Waals surface area contributed by atoms with Gasteiger partial charge in [-0.2, -0.15) is 0 Å². The molecular formula is C19H33Cl2N3O3. The highest BCUT2D eigenvalue weighted by Gasteiger charge is 2.17. The molecule has 1 unspecified atom stereocenters. The van der Waals surface area contributed by atoms with Gasteiger partial charge in [-0.15, -0.1) is 24.8 Å². The Hall–Kier alpha value is -1.05. The van der Waals surface area contributed by atoms with Gasteiger partial charge in [0, 0.05) is 44.8 Å². The van der Waals surface area contributed by atoms with Crippen molar-refractivity contribution in [2.45, 2.75) is 44.8 Å². The topological polar surface area (TPSA) is 76.8 Å². The molecule has 1 fully saturated rings. The van der Waals surface area contributed by atoms with Gasteiger partial charge in [-0.3, -0.25) is 9.69 Å². The summed E-state index contributed by atoms with van der Waals surface area (Å²) in [4.78, 5) is 14.0. The smallest absolute Gasteiger partial charge is 0.221 e. The van der Waals surface area contributed by atoms with Crippen molar-refractivity contribution < 1.29 is 14.3 Å². The minimum absolute atomic E-state index is 0. The van der Waals surface area contributed by atoms with E-state index in [1.165, 1.54) is 0 Å². The van der Waals surface area contributed by atoms with Crippen LogP contribution in [0.1, 0.15) is 31.7 Å². The standard InChI is InChI=1S/C19H31N3O3.2ClH/c1-15(20)12-19(23)21-14-16-4-3-5-18(13-16)25-11-8-22(2)17-6-9-24-10-7-17;;/h3-5,13,15,17H,6-12,14,20H2,1-2H3,(H,21,23);2*1H. The predicted molar refractivity (Wildman–Crippen MR) is 113 cm³/mol. The Kier molecular flexibility index (Phi) is 13.5. The summed E-state index contributed by atoms with van der Waals surface area (Å²) in [6.07, 6.45) is 2.52. The van der Waals surface area contributed by atoms with Gasteiger partial charge in [0.15, 0.2) is 0 Å². The van der Waals surface area contributed by atoms with Gasteiger partial charge in [-0.25, -0.2) is 0 Å². The molecule has 1 aliphatic rings. The number of nitrogens with one attached hydrogen (secondary N) is 1. The molecule has 0 aliphatic carbocycles. The average molecular weight is 422 g/mol. The number of nitrogens with zero attached hydrogens (tertiary/aromatic N) is 1. The first-order chi connectivity index (χ1) is 12.0. The van der Waals surface area contributed by atoms with Gasteiger partial charge in [-0.1, -0.05) is 12.1 Å². The zero-order valence-electron chi connectivity index (χ0n) is 16.2. The minimum Gasteiger partial charge on any atom is -0.492 e. The van der Waals surface area contributed by atoms with Gasteiger partial charge in [0.25, 0.3) is 0 Å². The van der Waals surface area contributed by atoms with Gasteiger partial charge < -0.3 is 20.5 Å². The van der Waals surface area contributed by atoms with Gasteiger partial charge in [0.2, 0.25) is 5.91 Å². The lowest BCUT2D eigenvalue weighted by Crippen LogP contribution is -2.38. The summed E-state index contributed by atoms with van der Waals surface area (Å²) in [5, 5.41) is 2.88. The van der Waals surface area contributed by atoms with Gasteiger partial charge >= 0.3 is 0 Å². The molecule has 1 atom stereocenters. The number of carbonyl (C=O) groups is 1. The lowest BCUT2D eigenvalue weighted by molar-refractivity contribution is -0.121. The molecule has 0 spiro atoms. The van der Waals surface area contributed by atoms with Crippen LogP contribution in [0.4, 0.5) is 0 Å². The summed E-state index contributed by atoms with van der Waals surface area (Å²) in [5.74, 6) is 0.804. The number of benzene rings is 1. The molecule has 1 heterocycles.